The molecule has 2 amide bonds. The number of hydrogen-bond acceptors (Lipinski definition) is 5. The van der Waals surface area contributed by atoms with E-state index in [2.05, 4.69) is 5.32 Å². The first-order valence-electron chi connectivity index (χ1n) is 8.96. The fourth-order valence-corrected chi connectivity index (χ4v) is 3.07. The number of amides is 2. The van der Waals surface area contributed by atoms with Crippen molar-refractivity contribution in [3.8, 4) is 11.5 Å². The predicted molar refractivity (Wildman–Crippen MR) is 94.9 cm³/mol. The second kappa shape index (κ2) is 7.43. The number of ether oxygens (including phenoxy) is 3. The van der Waals surface area contributed by atoms with Gasteiger partial charge in [-0.15, -0.1) is 0 Å². The van der Waals surface area contributed by atoms with Crippen molar-refractivity contribution in [1.82, 2.24) is 10.2 Å². The number of rotatable bonds is 3. The van der Waals surface area contributed by atoms with Crippen molar-refractivity contribution in [2.45, 2.75) is 45.8 Å². The van der Waals surface area contributed by atoms with Gasteiger partial charge in [0.1, 0.15) is 5.60 Å². The highest BCUT2D eigenvalue weighted by atomic mass is 16.7. The zero-order valence-corrected chi connectivity index (χ0v) is 15.5. The minimum atomic E-state index is -0.536. The molecule has 142 valence electrons. The van der Waals surface area contributed by atoms with Gasteiger partial charge >= 0.3 is 6.09 Å². The summed E-state index contributed by atoms with van der Waals surface area (Å²) in [6.07, 6.45) is 1.21. The van der Waals surface area contributed by atoms with E-state index in [1.807, 2.05) is 39.0 Å². The summed E-state index contributed by atoms with van der Waals surface area (Å²) in [5.41, 5.74) is 0.411. The Morgan fingerprint density at radius 1 is 1.27 bits per heavy atom. The molecule has 7 heteroatoms. The average molecular weight is 362 g/mol. The number of nitrogens with zero attached hydrogens (tertiary/aromatic N) is 1. The molecule has 1 saturated heterocycles. The number of carbonyl (C=O) groups excluding carboxylic acids is 2. The monoisotopic (exact) mass is 362 g/mol. The fourth-order valence-electron chi connectivity index (χ4n) is 3.07. The predicted octanol–water partition coefficient (Wildman–Crippen LogP) is 2.68. The number of benzene rings is 1. The van der Waals surface area contributed by atoms with Crippen LogP contribution in [-0.2, 0) is 16.1 Å². The first-order valence-corrected chi connectivity index (χ1v) is 8.96. The summed E-state index contributed by atoms with van der Waals surface area (Å²) in [7, 11) is 0. The van der Waals surface area contributed by atoms with E-state index in [1.165, 1.54) is 0 Å². The maximum absolute atomic E-state index is 12.5. The third-order valence-electron chi connectivity index (χ3n) is 4.35. The lowest BCUT2D eigenvalue weighted by Crippen LogP contribution is -2.46. The van der Waals surface area contributed by atoms with Gasteiger partial charge < -0.3 is 24.4 Å². The molecule has 2 heterocycles. The molecule has 1 fully saturated rings. The molecule has 1 N–H and O–H groups in total. The van der Waals surface area contributed by atoms with Gasteiger partial charge in [0.15, 0.2) is 11.5 Å². The molecule has 0 radical (unpaired) electrons. The van der Waals surface area contributed by atoms with E-state index in [0.29, 0.717) is 25.4 Å². The summed E-state index contributed by atoms with van der Waals surface area (Å²) in [5, 5.41) is 2.95. The Morgan fingerprint density at radius 2 is 2.04 bits per heavy atom. The van der Waals surface area contributed by atoms with Crippen molar-refractivity contribution in [3.05, 3.63) is 23.8 Å². The molecule has 1 aromatic rings. The van der Waals surface area contributed by atoms with Crippen LogP contribution in [0.2, 0.25) is 0 Å². The quantitative estimate of drug-likeness (QED) is 0.895. The van der Waals surface area contributed by atoms with Gasteiger partial charge in [0.25, 0.3) is 0 Å². The second-order valence-electron chi connectivity index (χ2n) is 7.67. The average Bonchev–Trinajstić information content (AvgIpc) is 3.06. The Kier molecular flexibility index (Phi) is 5.25. The first kappa shape index (κ1) is 18.4. The minimum absolute atomic E-state index is 0.0454. The van der Waals surface area contributed by atoms with E-state index in [1.54, 1.807) is 4.90 Å². The van der Waals surface area contributed by atoms with Crippen LogP contribution in [-0.4, -0.2) is 42.4 Å². The Balaban J connectivity index is 1.52. The minimum Gasteiger partial charge on any atom is -0.454 e. The van der Waals surface area contributed by atoms with Crippen molar-refractivity contribution >= 4 is 12.0 Å². The zero-order valence-electron chi connectivity index (χ0n) is 15.5. The Hall–Kier alpha value is -2.44. The van der Waals surface area contributed by atoms with Crippen molar-refractivity contribution < 1.29 is 23.8 Å². The van der Waals surface area contributed by atoms with E-state index in [0.717, 1.165) is 24.2 Å². The summed E-state index contributed by atoms with van der Waals surface area (Å²) in [4.78, 5) is 26.4. The Labute approximate surface area is 153 Å². The van der Waals surface area contributed by atoms with Crippen molar-refractivity contribution in [2.75, 3.05) is 19.9 Å². The summed E-state index contributed by atoms with van der Waals surface area (Å²) >= 11 is 0. The van der Waals surface area contributed by atoms with Crippen molar-refractivity contribution in [3.63, 3.8) is 0 Å². The summed E-state index contributed by atoms with van der Waals surface area (Å²) in [6.45, 7) is 7.17. The summed E-state index contributed by atoms with van der Waals surface area (Å²) in [6, 6.07) is 5.62. The number of hydrogen-bond donors (Lipinski definition) is 1. The maximum Gasteiger partial charge on any atom is 0.410 e. The van der Waals surface area contributed by atoms with Gasteiger partial charge in [-0.2, -0.15) is 0 Å². The van der Waals surface area contributed by atoms with Crippen LogP contribution in [0.3, 0.4) is 0 Å². The highest BCUT2D eigenvalue weighted by Crippen LogP contribution is 2.32. The van der Waals surface area contributed by atoms with Crippen molar-refractivity contribution in [2.24, 2.45) is 5.92 Å². The molecule has 0 aliphatic carbocycles. The van der Waals surface area contributed by atoms with Crippen LogP contribution in [0.15, 0.2) is 18.2 Å². The van der Waals surface area contributed by atoms with Gasteiger partial charge in [-0.1, -0.05) is 6.07 Å². The molecule has 0 bridgehead atoms. The molecule has 1 atom stereocenters. The van der Waals surface area contributed by atoms with Crippen LogP contribution in [0.1, 0.15) is 39.2 Å². The smallest absolute Gasteiger partial charge is 0.410 e. The van der Waals surface area contributed by atoms with E-state index < -0.39 is 5.60 Å². The van der Waals surface area contributed by atoms with E-state index >= 15 is 0 Å². The normalized spacial score (nSPS) is 19.2. The number of piperidine rings is 1. The molecule has 0 saturated carbocycles. The number of likely N-dealkylation sites (tertiary alicyclic amines) is 1. The van der Waals surface area contributed by atoms with Gasteiger partial charge in [-0.3, -0.25) is 4.79 Å². The lowest BCUT2D eigenvalue weighted by Gasteiger charge is -2.33. The highest BCUT2D eigenvalue weighted by molar-refractivity contribution is 5.80. The Morgan fingerprint density at radius 3 is 2.81 bits per heavy atom. The number of carbonyl (C=O) groups is 2. The standard InChI is InChI=1S/C19H26N2O5/c1-19(2,3)26-18(23)21-8-4-5-14(11-21)17(22)20-10-13-6-7-15-16(9-13)25-12-24-15/h6-7,9,14H,4-5,8,10-12H2,1-3H3,(H,20,22). The summed E-state index contributed by atoms with van der Waals surface area (Å²) < 4.78 is 16.0. The molecule has 2 aliphatic heterocycles. The van der Waals surface area contributed by atoms with E-state index in [-0.39, 0.29) is 24.7 Å². The molecule has 0 aromatic heterocycles. The van der Waals surface area contributed by atoms with Gasteiger partial charge in [0, 0.05) is 19.6 Å². The van der Waals surface area contributed by atoms with E-state index in [9.17, 15) is 9.59 Å². The molecule has 1 unspecified atom stereocenters. The molecular weight excluding hydrogens is 336 g/mol. The van der Waals surface area contributed by atoms with Crippen LogP contribution in [0.25, 0.3) is 0 Å². The molecule has 26 heavy (non-hydrogen) atoms. The van der Waals surface area contributed by atoms with Crippen LogP contribution >= 0.6 is 0 Å². The third-order valence-corrected chi connectivity index (χ3v) is 4.35. The lowest BCUT2D eigenvalue weighted by molar-refractivity contribution is -0.126. The second-order valence-corrected chi connectivity index (χ2v) is 7.67. The molecule has 2 aliphatic rings. The molecule has 0 spiro atoms. The highest BCUT2D eigenvalue weighted by Gasteiger charge is 2.30. The van der Waals surface area contributed by atoms with E-state index in [4.69, 9.17) is 14.2 Å². The third kappa shape index (κ3) is 4.59. The first-order chi connectivity index (χ1) is 12.3. The molecule has 7 nitrogen and oxygen atoms in total. The SMILES string of the molecule is CC(C)(C)OC(=O)N1CCCC(C(=O)NCc2ccc3c(c2)OCO3)C1. The number of nitrogens with one attached hydrogen (secondary N) is 1. The van der Waals surface area contributed by atoms with Gasteiger partial charge in [-0.25, -0.2) is 4.79 Å². The van der Waals surface area contributed by atoms with Crippen molar-refractivity contribution in [1.29, 1.82) is 0 Å². The topological polar surface area (TPSA) is 77.1 Å². The van der Waals surface area contributed by atoms with Crippen LogP contribution in [0.4, 0.5) is 4.79 Å². The molecular formula is C19H26N2O5. The van der Waals surface area contributed by atoms with Gasteiger partial charge in [0.2, 0.25) is 12.7 Å². The van der Waals surface area contributed by atoms with Crippen LogP contribution in [0, 0.1) is 5.92 Å². The maximum atomic E-state index is 12.5. The zero-order chi connectivity index (χ0) is 18.7. The molecule has 3 rings (SSSR count). The number of fused-ring (bicyclic) bond motifs is 1. The van der Waals surface area contributed by atoms with Gasteiger partial charge in [-0.05, 0) is 51.3 Å². The van der Waals surface area contributed by atoms with Gasteiger partial charge in [0.05, 0.1) is 5.92 Å². The fraction of sp³-hybridized carbons (Fsp3) is 0.579. The van der Waals surface area contributed by atoms with Crippen LogP contribution < -0.4 is 14.8 Å². The van der Waals surface area contributed by atoms with Crippen LogP contribution in [0.5, 0.6) is 11.5 Å². The largest absolute Gasteiger partial charge is 0.454 e. The lowest BCUT2D eigenvalue weighted by atomic mass is 9.97. The Bertz CT molecular complexity index is 683. The molecule has 1 aromatic carbocycles. The summed E-state index contributed by atoms with van der Waals surface area (Å²) in [5.74, 6) is 1.16.